The molecule has 2 heterocycles. The highest BCUT2D eigenvalue weighted by Gasteiger charge is 2.32. The number of nitrogens with zero attached hydrogens (tertiary/aromatic N) is 3. The third kappa shape index (κ3) is 7.36. The molecule has 4 rings (SSSR count). The number of esters is 1. The third-order valence-electron chi connectivity index (χ3n) is 6.62. The van der Waals surface area contributed by atoms with Gasteiger partial charge in [-0.05, 0) is 80.3 Å². The van der Waals surface area contributed by atoms with Crippen LogP contribution in [-0.4, -0.2) is 33.9 Å². The van der Waals surface area contributed by atoms with Gasteiger partial charge in [0, 0.05) is 35.4 Å². The minimum atomic E-state index is -4.51. The molecule has 0 fully saturated rings. The van der Waals surface area contributed by atoms with E-state index in [2.05, 4.69) is 33.2 Å². The van der Waals surface area contributed by atoms with Crippen LogP contribution in [0.2, 0.25) is 0 Å². The van der Waals surface area contributed by atoms with Gasteiger partial charge in [-0.1, -0.05) is 22.0 Å². The molecule has 0 spiro atoms. The van der Waals surface area contributed by atoms with Crippen LogP contribution >= 0.6 is 15.9 Å². The summed E-state index contributed by atoms with van der Waals surface area (Å²) in [7, 11) is 1.75. The van der Waals surface area contributed by atoms with Crippen molar-refractivity contribution >= 4 is 21.9 Å². The van der Waals surface area contributed by atoms with Gasteiger partial charge in [0.15, 0.2) is 0 Å². The smallest absolute Gasteiger partial charge is 0.416 e. The summed E-state index contributed by atoms with van der Waals surface area (Å²) in [5.74, 6) is -0.496. The summed E-state index contributed by atoms with van der Waals surface area (Å²) in [5.41, 5.74) is 3.71. The lowest BCUT2D eigenvalue weighted by atomic mass is 9.90. The second-order valence-corrected chi connectivity index (χ2v) is 10.4. The van der Waals surface area contributed by atoms with E-state index in [0.29, 0.717) is 30.2 Å². The molecule has 6 nitrogen and oxygen atoms in total. The number of alkyl halides is 3. The number of aryl methyl sites for hydroxylation is 3. The Morgan fingerprint density at radius 1 is 1.13 bits per heavy atom. The number of carbonyl (C=O) groups excluding carboxylic acids is 1. The van der Waals surface area contributed by atoms with Gasteiger partial charge >= 0.3 is 12.1 Å². The van der Waals surface area contributed by atoms with Crippen LogP contribution < -0.4 is 4.74 Å². The van der Waals surface area contributed by atoms with Gasteiger partial charge in [0.25, 0.3) is 0 Å². The number of hydrogen-bond donors (Lipinski definition) is 0. The highest BCUT2D eigenvalue weighted by Crippen LogP contribution is 2.36. The summed E-state index contributed by atoms with van der Waals surface area (Å²) in [6.45, 7) is 2.30. The highest BCUT2D eigenvalue weighted by molar-refractivity contribution is 9.10. The topological polar surface area (TPSA) is 66.2 Å². The number of fused-ring (bicyclic) bond motifs is 1. The summed E-state index contributed by atoms with van der Waals surface area (Å²) < 4.78 is 53.3. The van der Waals surface area contributed by atoms with Crippen molar-refractivity contribution < 1.29 is 27.4 Å². The fourth-order valence-electron chi connectivity index (χ4n) is 4.76. The van der Waals surface area contributed by atoms with E-state index in [1.165, 1.54) is 24.1 Å². The third-order valence-corrected chi connectivity index (χ3v) is 7.08. The van der Waals surface area contributed by atoms with Crippen molar-refractivity contribution in [3.05, 3.63) is 74.6 Å². The maximum absolute atomic E-state index is 13.5. The number of benzene rings is 1. The molecule has 1 aliphatic rings. The SMILES string of the molecule is CCOC(=O)CC(Cc1cc(OCCc2ccc3c(n2)CCCC3)n(C)n1)c1cc(Br)cc(C(F)(F)F)c1. The number of hydrogen-bond acceptors (Lipinski definition) is 5. The van der Waals surface area contributed by atoms with Crippen molar-refractivity contribution in [3.63, 3.8) is 0 Å². The largest absolute Gasteiger partial charge is 0.477 e. The first-order valence-electron chi connectivity index (χ1n) is 12.8. The number of aromatic nitrogens is 3. The van der Waals surface area contributed by atoms with Crippen LogP contribution in [0.3, 0.4) is 0 Å². The maximum Gasteiger partial charge on any atom is 0.416 e. The summed E-state index contributed by atoms with van der Waals surface area (Å²) in [4.78, 5) is 17.1. The Balaban J connectivity index is 1.46. The van der Waals surface area contributed by atoms with E-state index in [1.54, 1.807) is 30.8 Å². The molecule has 3 aromatic rings. The van der Waals surface area contributed by atoms with E-state index < -0.39 is 23.6 Å². The molecular weight excluding hydrogens is 563 g/mol. The molecule has 2 aromatic heterocycles. The molecule has 0 bridgehead atoms. The van der Waals surface area contributed by atoms with E-state index in [4.69, 9.17) is 14.5 Å². The molecule has 204 valence electrons. The Hall–Kier alpha value is -2.88. The van der Waals surface area contributed by atoms with Crippen molar-refractivity contribution in [2.45, 2.75) is 64.0 Å². The van der Waals surface area contributed by atoms with Crippen molar-refractivity contribution in [1.29, 1.82) is 0 Å². The molecule has 0 N–H and O–H groups in total. The molecule has 0 saturated carbocycles. The van der Waals surface area contributed by atoms with Gasteiger partial charge < -0.3 is 9.47 Å². The zero-order valence-electron chi connectivity index (χ0n) is 21.5. The van der Waals surface area contributed by atoms with Crippen LogP contribution in [0, 0.1) is 0 Å². The lowest BCUT2D eigenvalue weighted by Gasteiger charge is -2.18. The minimum absolute atomic E-state index is 0.0711. The van der Waals surface area contributed by atoms with E-state index in [0.717, 1.165) is 30.7 Å². The van der Waals surface area contributed by atoms with Crippen LogP contribution in [0.25, 0.3) is 0 Å². The van der Waals surface area contributed by atoms with Gasteiger partial charge in [-0.25, -0.2) is 4.68 Å². The molecule has 0 amide bonds. The molecular formula is C28H31BrF3N3O3. The van der Waals surface area contributed by atoms with Gasteiger partial charge in [-0.3, -0.25) is 9.78 Å². The number of ether oxygens (including phenoxy) is 2. The van der Waals surface area contributed by atoms with Crippen LogP contribution in [0.1, 0.15) is 65.9 Å². The van der Waals surface area contributed by atoms with Crippen LogP contribution in [0.4, 0.5) is 13.2 Å². The number of halogens is 4. The predicted octanol–water partition coefficient (Wildman–Crippen LogP) is 6.38. The lowest BCUT2D eigenvalue weighted by molar-refractivity contribution is -0.143. The minimum Gasteiger partial charge on any atom is -0.477 e. The summed E-state index contributed by atoms with van der Waals surface area (Å²) in [5, 5.41) is 4.50. The molecule has 38 heavy (non-hydrogen) atoms. The highest BCUT2D eigenvalue weighted by atomic mass is 79.9. The van der Waals surface area contributed by atoms with Gasteiger partial charge in [0.1, 0.15) is 0 Å². The Labute approximate surface area is 228 Å². The molecule has 0 saturated heterocycles. The average Bonchev–Trinajstić information content (AvgIpc) is 3.21. The molecule has 0 aliphatic heterocycles. The molecule has 1 aliphatic carbocycles. The van der Waals surface area contributed by atoms with Gasteiger partial charge in [0.05, 0.1) is 30.9 Å². The standard InChI is InChI=1S/C28H31BrF3N3O3/c1-3-37-27(36)15-20(19-12-21(28(30,31)32)16-22(29)13-19)14-24-17-26(35(2)34-24)38-11-10-23-9-8-18-6-4-5-7-25(18)33-23/h8-9,12-13,16-17,20H,3-7,10-11,14-15H2,1-2H3. The average molecular weight is 594 g/mol. The van der Waals surface area contributed by atoms with Crippen LogP contribution in [-0.2, 0) is 48.4 Å². The first-order valence-corrected chi connectivity index (χ1v) is 13.6. The van der Waals surface area contributed by atoms with E-state index >= 15 is 0 Å². The zero-order valence-corrected chi connectivity index (χ0v) is 23.1. The van der Waals surface area contributed by atoms with Crippen molar-refractivity contribution in [2.75, 3.05) is 13.2 Å². The van der Waals surface area contributed by atoms with Crippen molar-refractivity contribution in [3.8, 4) is 5.88 Å². The van der Waals surface area contributed by atoms with Crippen molar-refractivity contribution in [2.24, 2.45) is 7.05 Å². The molecule has 1 unspecified atom stereocenters. The van der Waals surface area contributed by atoms with Crippen LogP contribution in [0.5, 0.6) is 5.88 Å². The first-order chi connectivity index (χ1) is 18.1. The summed E-state index contributed by atoms with van der Waals surface area (Å²) >= 11 is 3.18. The summed E-state index contributed by atoms with van der Waals surface area (Å²) in [6.07, 6.45) is 0.812. The second-order valence-electron chi connectivity index (χ2n) is 9.49. The van der Waals surface area contributed by atoms with Crippen molar-refractivity contribution in [1.82, 2.24) is 14.8 Å². The predicted molar refractivity (Wildman–Crippen MR) is 140 cm³/mol. The Kier molecular flexibility index (Phi) is 9.12. The quantitative estimate of drug-likeness (QED) is 0.255. The molecule has 0 radical (unpaired) electrons. The Bertz CT molecular complexity index is 1280. The number of carbonyl (C=O) groups is 1. The molecule has 1 aromatic carbocycles. The van der Waals surface area contributed by atoms with E-state index in [9.17, 15) is 18.0 Å². The van der Waals surface area contributed by atoms with Gasteiger partial charge in [-0.2, -0.15) is 18.3 Å². The monoisotopic (exact) mass is 593 g/mol. The zero-order chi connectivity index (χ0) is 27.3. The van der Waals surface area contributed by atoms with E-state index in [1.807, 2.05) is 0 Å². The lowest BCUT2D eigenvalue weighted by Crippen LogP contribution is -2.14. The van der Waals surface area contributed by atoms with Gasteiger partial charge in [0.2, 0.25) is 5.88 Å². The first kappa shape index (κ1) is 28.1. The maximum atomic E-state index is 13.5. The van der Waals surface area contributed by atoms with E-state index in [-0.39, 0.29) is 23.9 Å². The fourth-order valence-corrected chi connectivity index (χ4v) is 5.27. The summed E-state index contributed by atoms with van der Waals surface area (Å²) in [6, 6.07) is 9.69. The van der Waals surface area contributed by atoms with Gasteiger partial charge in [-0.15, -0.1) is 0 Å². The van der Waals surface area contributed by atoms with Crippen LogP contribution in [0.15, 0.2) is 40.9 Å². The normalized spacial score (nSPS) is 14.2. The second kappa shape index (κ2) is 12.3. The Morgan fingerprint density at radius 3 is 2.68 bits per heavy atom. The number of rotatable bonds is 10. The number of pyridine rings is 1. The Morgan fingerprint density at radius 2 is 1.92 bits per heavy atom. The fraction of sp³-hybridized carbons (Fsp3) is 0.464. The molecule has 1 atom stereocenters. The molecule has 10 heteroatoms.